The zero-order valence-electron chi connectivity index (χ0n) is 13.6. The molecule has 1 aromatic carbocycles. The average molecular weight is 345 g/mol. The molecule has 1 amide bonds. The molecule has 0 saturated carbocycles. The van der Waals surface area contributed by atoms with Crippen LogP contribution in [0, 0.1) is 6.92 Å². The summed E-state index contributed by atoms with van der Waals surface area (Å²) in [5.74, 6) is -0.779. The fourth-order valence-corrected chi connectivity index (χ4v) is 2.92. The normalized spacial score (nSPS) is 10.2. The summed E-state index contributed by atoms with van der Waals surface area (Å²) in [5, 5.41) is 4.53. The van der Waals surface area contributed by atoms with Gasteiger partial charge in [0.1, 0.15) is 4.88 Å². The summed E-state index contributed by atoms with van der Waals surface area (Å²) < 4.78 is 5.08. The molecule has 1 heterocycles. The summed E-state index contributed by atoms with van der Waals surface area (Å²) in [5.41, 5.74) is 2.36. The molecule has 0 aliphatic carbocycles. The van der Waals surface area contributed by atoms with Crippen molar-refractivity contribution in [3.63, 3.8) is 0 Å². The van der Waals surface area contributed by atoms with E-state index in [0.717, 1.165) is 11.1 Å². The SMILES string of the molecule is CC(=O)NCCc1ccc(C(=O)COC(=O)c2sccc2C)cc1. The van der Waals surface area contributed by atoms with E-state index in [9.17, 15) is 14.4 Å². The second kappa shape index (κ2) is 8.40. The van der Waals surface area contributed by atoms with Gasteiger partial charge in [0.25, 0.3) is 0 Å². The molecule has 126 valence electrons. The second-order valence-corrected chi connectivity index (χ2v) is 6.28. The van der Waals surface area contributed by atoms with Crippen molar-refractivity contribution in [1.82, 2.24) is 5.32 Å². The van der Waals surface area contributed by atoms with E-state index in [0.29, 0.717) is 23.4 Å². The molecule has 0 spiro atoms. The van der Waals surface area contributed by atoms with E-state index in [2.05, 4.69) is 5.32 Å². The van der Waals surface area contributed by atoms with Crippen molar-refractivity contribution in [3.05, 3.63) is 57.3 Å². The number of rotatable bonds is 7. The van der Waals surface area contributed by atoms with Crippen LogP contribution >= 0.6 is 11.3 Å². The first-order valence-corrected chi connectivity index (χ1v) is 8.43. The van der Waals surface area contributed by atoms with Crippen molar-refractivity contribution in [2.24, 2.45) is 0 Å². The highest BCUT2D eigenvalue weighted by molar-refractivity contribution is 7.12. The molecule has 0 saturated heterocycles. The van der Waals surface area contributed by atoms with Gasteiger partial charge in [-0.3, -0.25) is 9.59 Å². The standard InChI is InChI=1S/C18H19NO4S/c1-12-8-10-24-17(12)18(22)23-11-16(21)15-5-3-14(4-6-15)7-9-19-13(2)20/h3-6,8,10H,7,9,11H2,1-2H3,(H,19,20). The predicted molar refractivity (Wildman–Crippen MR) is 92.5 cm³/mol. The lowest BCUT2D eigenvalue weighted by Crippen LogP contribution is -2.22. The fourth-order valence-electron chi connectivity index (χ4n) is 2.10. The quantitative estimate of drug-likeness (QED) is 0.619. The van der Waals surface area contributed by atoms with Gasteiger partial charge >= 0.3 is 5.97 Å². The van der Waals surface area contributed by atoms with E-state index in [1.807, 2.05) is 30.5 Å². The first-order valence-electron chi connectivity index (χ1n) is 7.55. The van der Waals surface area contributed by atoms with Crippen molar-refractivity contribution in [3.8, 4) is 0 Å². The summed E-state index contributed by atoms with van der Waals surface area (Å²) in [4.78, 5) is 35.3. The minimum atomic E-state index is -0.470. The van der Waals surface area contributed by atoms with Crippen LogP contribution in [-0.4, -0.2) is 30.8 Å². The van der Waals surface area contributed by atoms with Crippen LogP contribution in [0.3, 0.4) is 0 Å². The molecule has 2 rings (SSSR count). The number of carbonyl (C=O) groups is 3. The van der Waals surface area contributed by atoms with Crippen LogP contribution in [0.2, 0.25) is 0 Å². The van der Waals surface area contributed by atoms with E-state index in [-0.39, 0.29) is 18.3 Å². The Bertz CT molecular complexity index is 734. The molecular formula is C18H19NO4S. The Hall–Kier alpha value is -2.47. The first-order chi connectivity index (χ1) is 11.5. The zero-order chi connectivity index (χ0) is 17.5. The predicted octanol–water partition coefficient (Wildman–Crippen LogP) is 2.77. The van der Waals surface area contributed by atoms with Crippen molar-refractivity contribution in [1.29, 1.82) is 0 Å². The number of thiophene rings is 1. The minimum Gasteiger partial charge on any atom is -0.453 e. The Kier molecular flexibility index (Phi) is 6.26. The third kappa shape index (κ3) is 5.03. The van der Waals surface area contributed by atoms with Gasteiger partial charge in [0, 0.05) is 19.0 Å². The van der Waals surface area contributed by atoms with Gasteiger partial charge in [-0.1, -0.05) is 24.3 Å². The molecular weight excluding hydrogens is 326 g/mol. The Morgan fingerprint density at radius 3 is 2.42 bits per heavy atom. The number of carbonyl (C=O) groups excluding carboxylic acids is 3. The summed E-state index contributed by atoms with van der Waals surface area (Å²) in [6.07, 6.45) is 0.695. The first kappa shape index (κ1) is 17.9. The van der Waals surface area contributed by atoms with E-state index < -0.39 is 5.97 Å². The molecule has 0 fully saturated rings. The van der Waals surface area contributed by atoms with Gasteiger partial charge in [0.05, 0.1) is 0 Å². The third-order valence-electron chi connectivity index (χ3n) is 3.45. The Labute approximate surface area is 144 Å². The fraction of sp³-hybridized carbons (Fsp3) is 0.278. The van der Waals surface area contributed by atoms with Crippen LogP contribution < -0.4 is 5.32 Å². The Morgan fingerprint density at radius 2 is 1.83 bits per heavy atom. The molecule has 2 aromatic rings. The maximum Gasteiger partial charge on any atom is 0.349 e. The highest BCUT2D eigenvalue weighted by Gasteiger charge is 2.14. The van der Waals surface area contributed by atoms with Gasteiger partial charge in [-0.05, 0) is 35.9 Å². The number of hydrogen-bond donors (Lipinski definition) is 1. The lowest BCUT2D eigenvalue weighted by Gasteiger charge is -2.06. The van der Waals surface area contributed by atoms with Crippen LogP contribution in [0.4, 0.5) is 0 Å². The van der Waals surface area contributed by atoms with Gasteiger partial charge in [-0.2, -0.15) is 0 Å². The molecule has 0 aliphatic heterocycles. The summed E-state index contributed by atoms with van der Waals surface area (Å²) in [6.45, 7) is 3.58. The van der Waals surface area contributed by atoms with Gasteiger partial charge in [-0.15, -0.1) is 11.3 Å². The number of Topliss-reactive ketones (excluding diaryl/α,β-unsaturated/α-hetero) is 1. The average Bonchev–Trinajstić information content (AvgIpc) is 2.99. The van der Waals surface area contributed by atoms with E-state index in [1.54, 1.807) is 12.1 Å². The Balaban J connectivity index is 1.85. The van der Waals surface area contributed by atoms with Crippen LogP contribution in [0.25, 0.3) is 0 Å². The van der Waals surface area contributed by atoms with Gasteiger partial charge in [-0.25, -0.2) is 4.79 Å². The van der Waals surface area contributed by atoms with Crippen LogP contribution in [0.1, 0.15) is 38.1 Å². The third-order valence-corrected chi connectivity index (χ3v) is 4.44. The number of esters is 1. The number of nitrogens with one attached hydrogen (secondary N) is 1. The largest absolute Gasteiger partial charge is 0.453 e. The van der Waals surface area contributed by atoms with Crippen LogP contribution in [0.15, 0.2) is 35.7 Å². The number of hydrogen-bond acceptors (Lipinski definition) is 5. The summed E-state index contributed by atoms with van der Waals surface area (Å²) in [6, 6.07) is 8.91. The zero-order valence-corrected chi connectivity index (χ0v) is 14.4. The van der Waals surface area contributed by atoms with Gasteiger partial charge in [0.2, 0.25) is 5.91 Å². The monoisotopic (exact) mass is 345 g/mol. The maximum absolute atomic E-state index is 12.1. The van der Waals surface area contributed by atoms with Crippen molar-refractivity contribution in [2.75, 3.05) is 13.2 Å². The van der Waals surface area contributed by atoms with E-state index >= 15 is 0 Å². The molecule has 0 radical (unpaired) electrons. The maximum atomic E-state index is 12.1. The molecule has 0 bridgehead atoms. The molecule has 1 N–H and O–H groups in total. The number of ketones is 1. The lowest BCUT2D eigenvalue weighted by atomic mass is 10.1. The van der Waals surface area contributed by atoms with Crippen LogP contribution in [-0.2, 0) is 16.0 Å². The molecule has 24 heavy (non-hydrogen) atoms. The van der Waals surface area contributed by atoms with E-state index in [4.69, 9.17) is 4.74 Å². The van der Waals surface area contributed by atoms with Gasteiger partial charge < -0.3 is 10.1 Å². The molecule has 6 heteroatoms. The lowest BCUT2D eigenvalue weighted by molar-refractivity contribution is -0.118. The molecule has 0 unspecified atom stereocenters. The molecule has 5 nitrogen and oxygen atoms in total. The second-order valence-electron chi connectivity index (χ2n) is 5.36. The highest BCUT2D eigenvalue weighted by atomic mass is 32.1. The number of benzene rings is 1. The van der Waals surface area contributed by atoms with E-state index in [1.165, 1.54) is 18.3 Å². The summed E-state index contributed by atoms with van der Waals surface area (Å²) >= 11 is 1.30. The van der Waals surface area contributed by atoms with Crippen LogP contribution in [0.5, 0.6) is 0 Å². The van der Waals surface area contributed by atoms with Crippen molar-refractivity contribution >= 4 is 29.0 Å². The molecule has 0 aliphatic rings. The topological polar surface area (TPSA) is 72.5 Å². The smallest absolute Gasteiger partial charge is 0.349 e. The van der Waals surface area contributed by atoms with Crippen molar-refractivity contribution < 1.29 is 19.1 Å². The number of aryl methyl sites for hydroxylation is 1. The molecule has 1 aromatic heterocycles. The van der Waals surface area contributed by atoms with Gasteiger partial charge in [0.15, 0.2) is 12.4 Å². The van der Waals surface area contributed by atoms with Crippen molar-refractivity contribution in [2.45, 2.75) is 20.3 Å². The summed E-state index contributed by atoms with van der Waals surface area (Å²) in [7, 11) is 0. The number of ether oxygens (including phenoxy) is 1. The minimum absolute atomic E-state index is 0.0652. The Morgan fingerprint density at radius 1 is 1.12 bits per heavy atom. The number of amides is 1. The highest BCUT2D eigenvalue weighted by Crippen LogP contribution is 2.16. The molecule has 0 atom stereocenters.